The molecule has 1 atom stereocenters. The summed E-state index contributed by atoms with van der Waals surface area (Å²) >= 11 is 1.43. The van der Waals surface area contributed by atoms with Gasteiger partial charge in [-0.05, 0) is 43.7 Å². The first-order chi connectivity index (χ1) is 13.6. The molecule has 0 unspecified atom stereocenters. The van der Waals surface area contributed by atoms with Crippen LogP contribution in [0, 0.1) is 11.6 Å². The first-order valence-corrected chi connectivity index (χ1v) is 11.2. The van der Waals surface area contributed by atoms with Crippen molar-refractivity contribution in [2.75, 3.05) is 12.3 Å². The second-order valence-corrected chi connectivity index (χ2v) is 10.7. The van der Waals surface area contributed by atoms with E-state index >= 15 is 0 Å². The average Bonchev–Trinajstić information content (AvgIpc) is 2.67. The lowest BCUT2D eigenvalue weighted by Gasteiger charge is -2.43. The Morgan fingerprint density at radius 2 is 1.76 bits per heavy atom. The molecule has 2 N–H and O–H groups in total. The van der Waals surface area contributed by atoms with Gasteiger partial charge in [0, 0.05) is 17.0 Å². The number of benzene rings is 2. The number of hydrogen-bond donors (Lipinski definition) is 2. The van der Waals surface area contributed by atoms with E-state index in [4.69, 9.17) is 5.21 Å². The normalized spacial score (nSPS) is 19.7. The largest absolute Gasteiger partial charge is 0.289 e. The van der Waals surface area contributed by atoms with E-state index in [1.165, 1.54) is 42.1 Å². The molecule has 0 aromatic heterocycles. The summed E-state index contributed by atoms with van der Waals surface area (Å²) in [6, 6.07) is 7.50. The molecule has 1 aliphatic rings. The number of nitrogens with zero attached hydrogens (tertiary/aromatic N) is 1. The van der Waals surface area contributed by atoms with Gasteiger partial charge in [-0.3, -0.25) is 10.0 Å². The zero-order chi connectivity index (χ0) is 21.4. The second-order valence-electron chi connectivity index (χ2n) is 7.07. The lowest BCUT2D eigenvalue weighted by molar-refractivity contribution is -0.134. The van der Waals surface area contributed by atoms with Crippen molar-refractivity contribution in [3.63, 3.8) is 0 Å². The van der Waals surface area contributed by atoms with Crippen LogP contribution >= 0.6 is 11.8 Å². The summed E-state index contributed by atoms with van der Waals surface area (Å²) in [5.41, 5.74) is 1.49. The molecule has 2 aromatic rings. The third-order valence-corrected chi connectivity index (χ3v) is 8.04. The van der Waals surface area contributed by atoms with Crippen LogP contribution < -0.4 is 5.48 Å². The second kappa shape index (κ2) is 8.02. The summed E-state index contributed by atoms with van der Waals surface area (Å²) in [6.45, 7) is 3.53. The molecule has 0 radical (unpaired) electrons. The van der Waals surface area contributed by atoms with Crippen LogP contribution in [-0.4, -0.2) is 46.9 Å². The van der Waals surface area contributed by atoms with E-state index in [-0.39, 0.29) is 22.6 Å². The minimum Gasteiger partial charge on any atom is -0.289 e. The predicted molar refractivity (Wildman–Crippen MR) is 106 cm³/mol. The number of amides is 1. The van der Waals surface area contributed by atoms with Crippen molar-refractivity contribution in [2.24, 2.45) is 0 Å². The van der Waals surface area contributed by atoms with E-state index in [0.717, 1.165) is 16.4 Å². The highest BCUT2D eigenvalue weighted by Crippen LogP contribution is 2.38. The highest BCUT2D eigenvalue weighted by molar-refractivity contribution is 8.00. The van der Waals surface area contributed by atoms with Gasteiger partial charge in [-0.15, -0.1) is 0 Å². The Morgan fingerprint density at radius 1 is 1.17 bits per heavy atom. The van der Waals surface area contributed by atoms with Gasteiger partial charge >= 0.3 is 0 Å². The van der Waals surface area contributed by atoms with E-state index in [2.05, 4.69) is 0 Å². The number of carbonyl (C=O) groups is 1. The first kappa shape index (κ1) is 21.7. The first-order valence-electron chi connectivity index (χ1n) is 8.74. The average molecular weight is 443 g/mol. The minimum absolute atomic E-state index is 0.0816. The molecule has 1 fully saturated rings. The van der Waals surface area contributed by atoms with E-state index in [1.807, 2.05) is 0 Å². The van der Waals surface area contributed by atoms with E-state index in [0.29, 0.717) is 5.75 Å². The molecule has 6 nitrogen and oxygen atoms in total. The third kappa shape index (κ3) is 4.02. The minimum atomic E-state index is -4.10. The highest BCUT2D eigenvalue weighted by Gasteiger charge is 2.48. The number of sulfonamides is 1. The van der Waals surface area contributed by atoms with E-state index in [1.54, 1.807) is 19.3 Å². The van der Waals surface area contributed by atoms with Crippen LogP contribution in [0.1, 0.15) is 13.8 Å². The molecule has 1 heterocycles. The van der Waals surface area contributed by atoms with Crippen molar-refractivity contribution in [1.29, 1.82) is 0 Å². The van der Waals surface area contributed by atoms with Gasteiger partial charge in [0.1, 0.15) is 17.7 Å². The zero-order valence-electron chi connectivity index (χ0n) is 15.7. The van der Waals surface area contributed by atoms with Crippen molar-refractivity contribution in [1.82, 2.24) is 9.79 Å². The number of hydroxylamine groups is 1. The summed E-state index contributed by atoms with van der Waals surface area (Å²) in [4.78, 5) is 12.1. The Balaban J connectivity index is 2.00. The lowest BCUT2D eigenvalue weighted by Crippen LogP contribution is -2.61. The molecule has 10 heteroatoms. The van der Waals surface area contributed by atoms with Crippen molar-refractivity contribution in [2.45, 2.75) is 29.5 Å². The van der Waals surface area contributed by atoms with Gasteiger partial charge in [-0.25, -0.2) is 22.7 Å². The number of carbonyl (C=O) groups excluding carboxylic acids is 1. The van der Waals surface area contributed by atoms with Crippen molar-refractivity contribution in [3.8, 4) is 11.1 Å². The number of hydrogen-bond acceptors (Lipinski definition) is 5. The van der Waals surface area contributed by atoms with Crippen molar-refractivity contribution in [3.05, 3.63) is 54.1 Å². The Labute approximate surface area is 171 Å². The molecule has 0 aliphatic carbocycles. The number of halogens is 2. The molecule has 156 valence electrons. The van der Waals surface area contributed by atoms with Gasteiger partial charge in [0.25, 0.3) is 5.91 Å². The fourth-order valence-electron chi connectivity index (χ4n) is 3.42. The van der Waals surface area contributed by atoms with Gasteiger partial charge < -0.3 is 0 Å². The zero-order valence-corrected chi connectivity index (χ0v) is 17.4. The van der Waals surface area contributed by atoms with Crippen LogP contribution in [0.2, 0.25) is 0 Å². The molecule has 2 aromatic carbocycles. The Hall–Kier alpha value is -2.01. The quantitative estimate of drug-likeness (QED) is 0.562. The third-order valence-electron chi connectivity index (χ3n) is 4.80. The van der Waals surface area contributed by atoms with Gasteiger partial charge in [-0.2, -0.15) is 16.1 Å². The maximum absolute atomic E-state index is 14.0. The summed E-state index contributed by atoms with van der Waals surface area (Å²) in [7, 11) is -4.10. The fourth-order valence-corrected chi connectivity index (χ4v) is 6.53. The van der Waals surface area contributed by atoms with Crippen LogP contribution in [0.3, 0.4) is 0 Å². The van der Waals surface area contributed by atoms with E-state index < -0.39 is 38.4 Å². The Bertz CT molecular complexity index is 1010. The molecule has 0 saturated carbocycles. The van der Waals surface area contributed by atoms with Crippen LogP contribution in [0.5, 0.6) is 0 Å². The van der Waals surface area contributed by atoms with Gasteiger partial charge in [-0.1, -0.05) is 18.2 Å². The highest BCUT2D eigenvalue weighted by atomic mass is 32.2. The summed E-state index contributed by atoms with van der Waals surface area (Å²) in [6.07, 6.45) is 0. The number of rotatable bonds is 4. The monoisotopic (exact) mass is 442 g/mol. The van der Waals surface area contributed by atoms with Crippen LogP contribution in [0.25, 0.3) is 11.1 Å². The summed E-state index contributed by atoms with van der Waals surface area (Å²) in [5, 5.41) is 9.09. The van der Waals surface area contributed by atoms with Crippen LogP contribution in [0.15, 0.2) is 47.4 Å². The standard InChI is InChI=1S/C19H20F2N2O4S2/c1-19(2)17(18(24)22-25)23(10-11-28-19)29(26,27)13-8-6-12(7-9-13)16-14(20)4-3-5-15(16)21/h3-9,17,25H,10-11H2,1-2H3,(H,22,24)/t17-/m0/s1. The van der Waals surface area contributed by atoms with Crippen LogP contribution in [-0.2, 0) is 14.8 Å². The topological polar surface area (TPSA) is 86.7 Å². The maximum Gasteiger partial charge on any atom is 0.263 e. The van der Waals surface area contributed by atoms with Crippen molar-refractivity contribution >= 4 is 27.7 Å². The molecular formula is C19H20F2N2O4S2. The molecule has 0 bridgehead atoms. The Morgan fingerprint density at radius 3 is 2.31 bits per heavy atom. The van der Waals surface area contributed by atoms with Gasteiger partial charge in [0.05, 0.1) is 10.5 Å². The summed E-state index contributed by atoms with van der Waals surface area (Å²) < 4.78 is 54.6. The number of nitrogens with one attached hydrogen (secondary N) is 1. The van der Waals surface area contributed by atoms with Crippen molar-refractivity contribution < 1.29 is 27.2 Å². The Kier molecular flexibility index (Phi) is 6.00. The molecule has 29 heavy (non-hydrogen) atoms. The molecule has 1 amide bonds. The van der Waals surface area contributed by atoms with E-state index in [9.17, 15) is 22.0 Å². The molecular weight excluding hydrogens is 422 g/mol. The predicted octanol–water partition coefficient (Wildman–Crippen LogP) is 3.02. The van der Waals surface area contributed by atoms with Gasteiger partial charge in [0.2, 0.25) is 10.0 Å². The lowest BCUT2D eigenvalue weighted by atomic mass is 10.0. The molecule has 3 rings (SSSR count). The molecule has 0 spiro atoms. The summed E-state index contributed by atoms with van der Waals surface area (Å²) in [5.74, 6) is -1.86. The number of thioether (sulfide) groups is 1. The maximum atomic E-state index is 14.0. The van der Waals surface area contributed by atoms with Crippen LogP contribution in [0.4, 0.5) is 8.78 Å². The molecule has 1 aliphatic heterocycles. The SMILES string of the molecule is CC1(C)SCCN(S(=O)(=O)c2ccc(-c3c(F)cccc3F)cc2)[C@H]1C(=O)NO. The van der Waals surface area contributed by atoms with Gasteiger partial charge in [0.15, 0.2) is 0 Å². The smallest absolute Gasteiger partial charge is 0.263 e. The molecule has 1 saturated heterocycles. The fraction of sp³-hybridized carbons (Fsp3) is 0.316.